The average molecular weight is 289 g/mol. The monoisotopic (exact) mass is 288 g/mol. The first-order valence-electron chi connectivity index (χ1n) is 6.75. The Morgan fingerprint density at radius 2 is 1.95 bits per heavy atom. The number of aromatic nitrogens is 2. The van der Waals surface area contributed by atoms with Crippen LogP contribution in [-0.2, 0) is 11.8 Å². The van der Waals surface area contributed by atoms with Crippen molar-refractivity contribution in [2.24, 2.45) is 0 Å². The molecule has 0 saturated carbocycles. The van der Waals surface area contributed by atoms with E-state index in [0.29, 0.717) is 5.15 Å². The van der Waals surface area contributed by atoms with E-state index in [9.17, 15) is 0 Å². The van der Waals surface area contributed by atoms with Crippen LogP contribution in [0.5, 0.6) is 5.75 Å². The van der Waals surface area contributed by atoms with Gasteiger partial charge in [-0.3, -0.25) is 0 Å². The third-order valence-electron chi connectivity index (χ3n) is 3.35. The van der Waals surface area contributed by atoms with Gasteiger partial charge in [0.2, 0.25) is 0 Å². The van der Waals surface area contributed by atoms with Crippen molar-refractivity contribution >= 4 is 11.6 Å². The lowest BCUT2D eigenvalue weighted by atomic mass is 9.95. The Morgan fingerprint density at radius 1 is 1.15 bits per heavy atom. The number of nitrogens with zero attached hydrogens (tertiary/aromatic N) is 2. The van der Waals surface area contributed by atoms with E-state index in [4.69, 9.17) is 16.3 Å². The molecule has 1 aromatic carbocycles. The summed E-state index contributed by atoms with van der Waals surface area (Å²) in [6.07, 6.45) is 0.952. The Kier molecular flexibility index (Phi) is 3.17. The molecule has 0 fully saturated rings. The summed E-state index contributed by atoms with van der Waals surface area (Å²) in [5.41, 5.74) is 3.03. The highest BCUT2D eigenvalue weighted by molar-refractivity contribution is 6.29. The van der Waals surface area contributed by atoms with E-state index < -0.39 is 0 Å². The average Bonchev–Trinajstić information content (AvgIpc) is 2.84. The number of benzene rings is 1. The fourth-order valence-corrected chi connectivity index (χ4v) is 2.43. The van der Waals surface area contributed by atoms with Crippen LogP contribution in [-0.4, -0.2) is 16.6 Å². The first kappa shape index (κ1) is 13.4. The van der Waals surface area contributed by atoms with Crippen molar-refractivity contribution in [2.75, 3.05) is 6.61 Å². The highest BCUT2D eigenvalue weighted by atomic mass is 35.5. The van der Waals surface area contributed by atoms with Crippen LogP contribution in [0.15, 0.2) is 24.3 Å². The number of halogens is 1. The molecular weight excluding hydrogens is 272 g/mol. The largest absolute Gasteiger partial charge is 0.493 e. The summed E-state index contributed by atoms with van der Waals surface area (Å²) in [6.45, 7) is 7.01. The first-order chi connectivity index (χ1) is 9.43. The van der Waals surface area contributed by atoms with E-state index >= 15 is 0 Å². The van der Waals surface area contributed by atoms with Crippen molar-refractivity contribution in [2.45, 2.75) is 32.6 Å². The van der Waals surface area contributed by atoms with E-state index in [-0.39, 0.29) is 5.41 Å². The molecule has 0 bridgehead atoms. The quantitative estimate of drug-likeness (QED) is 0.743. The standard InChI is InChI=1S/C16H17ClN2O/c1-16(2,3)15-18-12(9-14(17)19-15)10-4-5-13-11(8-10)6-7-20-13/h4-5,8-9H,6-7H2,1-3H3. The SMILES string of the molecule is CC(C)(C)c1nc(Cl)cc(-c2ccc3c(c2)CCO3)n1. The number of ether oxygens (including phenoxy) is 1. The molecule has 0 spiro atoms. The summed E-state index contributed by atoms with van der Waals surface area (Å²) in [5, 5.41) is 0.483. The number of fused-ring (bicyclic) bond motifs is 1. The topological polar surface area (TPSA) is 35.0 Å². The fourth-order valence-electron chi connectivity index (χ4n) is 2.25. The first-order valence-corrected chi connectivity index (χ1v) is 7.12. The second-order valence-electron chi connectivity index (χ2n) is 6.07. The van der Waals surface area contributed by atoms with E-state index in [2.05, 4.69) is 36.8 Å². The Hall–Kier alpha value is -1.61. The lowest BCUT2D eigenvalue weighted by molar-refractivity contribution is 0.357. The second kappa shape index (κ2) is 4.74. The molecule has 0 radical (unpaired) electrons. The molecule has 4 heteroatoms. The van der Waals surface area contributed by atoms with Gasteiger partial charge >= 0.3 is 0 Å². The van der Waals surface area contributed by atoms with Crippen LogP contribution in [0.1, 0.15) is 32.2 Å². The zero-order valence-electron chi connectivity index (χ0n) is 11.9. The molecule has 0 saturated heterocycles. The van der Waals surface area contributed by atoms with E-state index in [0.717, 1.165) is 35.9 Å². The molecule has 3 rings (SSSR count). The van der Waals surface area contributed by atoms with Gasteiger partial charge in [-0.05, 0) is 23.8 Å². The van der Waals surface area contributed by atoms with Crippen molar-refractivity contribution in [1.29, 1.82) is 0 Å². The van der Waals surface area contributed by atoms with Crippen molar-refractivity contribution < 1.29 is 4.74 Å². The molecule has 0 N–H and O–H groups in total. The summed E-state index contributed by atoms with van der Waals surface area (Å²) >= 11 is 6.15. The van der Waals surface area contributed by atoms with Gasteiger partial charge in [-0.15, -0.1) is 0 Å². The second-order valence-corrected chi connectivity index (χ2v) is 6.46. The molecule has 0 aliphatic carbocycles. The summed E-state index contributed by atoms with van der Waals surface area (Å²) in [5.74, 6) is 1.74. The van der Waals surface area contributed by atoms with Crippen LogP contribution in [0.4, 0.5) is 0 Å². The maximum atomic E-state index is 6.15. The minimum absolute atomic E-state index is 0.126. The molecule has 3 nitrogen and oxygen atoms in total. The molecule has 1 aliphatic rings. The van der Waals surface area contributed by atoms with Gasteiger partial charge in [-0.25, -0.2) is 9.97 Å². The lowest BCUT2D eigenvalue weighted by Crippen LogP contribution is -2.16. The van der Waals surface area contributed by atoms with Gasteiger partial charge in [0.15, 0.2) is 0 Å². The lowest BCUT2D eigenvalue weighted by Gasteiger charge is -2.17. The van der Waals surface area contributed by atoms with E-state index in [1.165, 1.54) is 5.56 Å². The van der Waals surface area contributed by atoms with Crippen LogP contribution in [0.2, 0.25) is 5.15 Å². The van der Waals surface area contributed by atoms with Gasteiger partial charge in [-0.1, -0.05) is 32.4 Å². The smallest absolute Gasteiger partial charge is 0.136 e. The third kappa shape index (κ3) is 2.50. The zero-order chi connectivity index (χ0) is 14.3. The van der Waals surface area contributed by atoms with Gasteiger partial charge < -0.3 is 4.74 Å². The van der Waals surface area contributed by atoms with Crippen LogP contribution in [0.3, 0.4) is 0 Å². The van der Waals surface area contributed by atoms with Gasteiger partial charge in [0, 0.05) is 23.5 Å². The summed E-state index contributed by atoms with van der Waals surface area (Å²) < 4.78 is 5.53. The fraction of sp³-hybridized carbons (Fsp3) is 0.375. The Morgan fingerprint density at radius 3 is 2.70 bits per heavy atom. The third-order valence-corrected chi connectivity index (χ3v) is 3.54. The highest BCUT2D eigenvalue weighted by Crippen LogP contribution is 2.31. The molecular formula is C16H17ClN2O. The maximum Gasteiger partial charge on any atom is 0.136 e. The summed E-state index contributed by atoms with van der Waals surface area (Å²) in [4.78, 5) is 9.00. The molecule has 0 unspecified atom stereocenters. The molecule has 1 aliphatic heterocycles. The minimum Gasteiger partial charge on any atom is -0.493 e. The predicted molar refractivity (Wildman–Crippen MR) is 80.4 cm³/mol. The van der Waals surface area contributed by atoms with Crippen LogP contribution in [0, 0.1) is 0 Å². The molecule has 104 valence electrons. The molecule has 2 aromatic rings. The predicted octanol–water partition coefficient (Wildman–Crippen LogP) is 4.03. The van der Waals surface area contributed by atoms with E-state index in [1.807, 2.05) is 18.2 Å². The van der Waals surface area contributed by atoms with Gasteiger partial charge in [0.1, 0.15) is 16.7 Å². The Labute approximate surface area is 124 Å². The van der Waals surface area contributed by atoms with Crippen molar-refractivity contribution in [1.82, 2.24) is 9.97 Å². The number of hydrogen-bond acceptors (Lipinski definition) is 3. The van der Waals surface area contributed by atoms with Gasteiger partial charge in [-0.2, -0.15) is 0 Å². The van der Waals surface area contributed by atoms with Gasteiger partial charge in [0.25, 0.3) is 0 Å². The number of hydrogen-bond donors (Lipinski definition) is 0. The van der Waals surface area contributed by atoms with Gasteiger partial charge in [0.05, 0.1) is 12.3 Å². The Bertz CT molecular complexity index is 662. The van der Waals surface area contributed by atoms with Crippen LogP contribution in [0.25, 0.3) is 11.3 Å². The molecule has 0 atom stereocenters. The zero-order valence-corrected chi connectivity index (χ0v) is 12.7. The van der Waals surface area contributed by atoms with E-state index in [1.54, 1.807) is 0 Å². The van der Waals surface area contributed by atoms with Crippen LogP contribution < -0.4 is 4.74 Å². The number of rotatable bonds is 1. The normalized spacial score (nSPS) is 14.0. The summed E-state index contributed by atoms with van der Waals surface area (Å²) in [6, 6.07) is 7.97. The van der Waals surface area contributed by atoms with Crippen molar-refractivity contribution in [3.05, 3.63) is 40.8 Å². The molecule has 20 heavy (non-hydrogen) atoms. The minimum atomic E-state index is -0.126. The molecule has 1 aromatic heterocycles. The van der Waals surface area contributed by atoms with Crippen molar-refractivity contribution in [3.8, 4) is 17.0 Å². The molecule has 2 heterocycles. The maximum absolute atomic E-state index is 6.15. The summed E-state index contributed by atoms with van der Waals surface area (Å²) in [7, 11) is 0. The molecule has 0 amide bonds. The highest BCUT2D eigenvalue weighted by Gasteiger charge is 2.20. The Balaban J connectivity index is 2.08. The van der Waals surface area contributed by atoms with Crippen molar-refractivity contribution in [3.63, 3.8) is 0 Å². The van der Waals surface area contributed by atoms with Crippen LogP contribution >= 0.6 is 11.6 Å².